The second-order valence-electron chi connectivity index (χ2n) is 6.23. The molecule has 7 heteroatoms. The summed E-state index contributed by atoms with van der Waals surface area (Å²) >= 11 is 0. The molecule has 0 radical (unpaired) electrons. The Morgan fingerprint density at radius 1 is 1.28 bits per heavy atom. The van der Waals surface area contributed by atoms with Crippen LogP contribution in [0.15, 0.2) is 23.2 Å². The lowest BCUT2D eigenvalue weighted by Crippen LogP contribution is -2.45. The van der Waals surface area contributed by atoms with Crippen LogP contribution in [0, 0.1) is 0 Å². The Balaban J connectivity index is 0.00000312. The van der Waals surface area contributed by atoms with Crippen molar-refractivity contribution in [2.75, 3.05) is 34.9 Å². The number of aliphatic imine (C=N–C) groups is 1. The number of rotatable bonds is 8. The van der Waals surface area contributed by atoms with Crippen molar-refractivity contribution >= 4 is 29.9 Å². The minimum absolute atomic E-state index is 0. The molecular weight excluding hydrogens is 431 g/mol. The van der Waals surface area contributed by atoms with Crippen molar-refractivity contribution in [2.45, 2.75) is 38.4 Å². The molecule has 2 rings (SSSR count). The van der Waals surface area contributed by atoms with Crippen LogP contribution in [0.3, 0.4) is 0 Å². The Bertz CT molecular complexity index is 564. The Labute approximate surface area is 168 Å². The van der Waals surface area contributed by atoms with Crippen LogP contribution in [0.2, 0.25) is 0 Å². The first-order valence-electron chi connectivity index (χ1n) is 8.46. The Hall–Kier alpha value is -1.22. The van der Waals surface area contributed by atoms with E-state index in [2.05, 4.69) is 34.5 Å². The van der Waals surface area contributed by atoms with Gasteiger partial charge in [0.05, 0.1) is 14.2 Å². The molecule has 1 aromatic rings. The van der Waals surface area contributed by atoms with Crippen molar-refractivity contribution in [1.29, 1.82) is 0 Å². The van der Waals surface area contributed by atoms with Crippen molar-refractivity contribution in [2.24, 2.45) is 4.99 Å². The van der Waals surface area contributed by atoms with Gasteiger partial charge in [0.15, 0.2) is 5.96 Å². The number of nitrogens with one attached hydrogen (secondary N) is 2. The maximum atomic E-state index is 5.43. The number of hydrogen-bond acceptors (Lipinski definition) is 4. The highest BCUT2D eigenvalue weighted by Gasteiger charge is 2.28. The van der Waals surface area contributed by atoms with Gasteiger partial charge in [0.2, 0.25) is 0 Å². The number of benzene rings is 1. The average molecular weight is 462 g/mol. The molecule has 1 aliphatic rings. The van der Waals surface area contributed by atoms with Gasteiger partial charge in [-0.15, -0.1) is 24.0 Å². The highest BCUT2D eigenvalue weighted by atomic mass is 127. The third-order valence-corrected chi connectivity index (χ3v) is 4.55. The predicted molar refractivity (Wildman–Crippen MR) is 113 cm³/mol. The maximum absolute atomic E-state index is 5.43. The molecular formula is C18H31IN4O2. The van der Waals surface area contributed by atoms with E-state index < -0.39 is 0 Å². The van der Waals surface area contributed by atoms with E-state index in [0.717, 1.165) is 35.6 Å². The first kappa shape index (κ1) is 21.8. The summed E-state index contributed by atoms with van der Waals surface area (Å²) in [4.78, 5) is 6.73. The third kappa shape index (κ3) is 6.54. The average Bonchev–Trinajstić information content (AvgIpc) is 3.45. The smallest absolute Gasteiger partial charge is 0.191 e. The zero-order valence-electron chi connectivity index (χ0n) is 15.8. The Morgan fingerprint density at radius 3 is 2.56 bits per heavy atom. The van der Waals surface area contributed by atoms with Crippen molar-refractivity contribution in [1.82, 2.24) is 15.5 Å². The Kier molecular flexibility index (Phi) is 9.34. The maximum Gasteiger partial charge on any atom is 0.191 e. The van der Waals surface area contributed by atoms with E-state index in [0.29, 0.717) is 12.6 Å². The second-order valence-corrected chi connectivity index (χ2v) is 6.23. The van der Waals surface area contributed by atoms with Crippen molar-refractivity contribution < 1.29 is 9.47 Å². The van der Waals surface area contributed by atoms with E-state index in [4.69, 9.17) is 9.47 Å². The molecule has 1 saturated carbocycles. The summed E-state index contributed by atoms with van der Waals surface area (Å²) in [7, 11) is 7.30. The highest BCUT2D eigenvalue weighted by Crippen LogP contribution is 2.26. The minimum Gasteiger partial charge on any atom is -0.497 e. The molecule has 1 atom stereocenters. The van der Waals surface area contributed by atoms with Gasteiger partial charge in [-0.05, 0) is 38.9 Å². The summed E-state index contributed by atoms with van der Waals surface area (Å²) in [5, 5.41) is 6.73. The summed E-state index contributed by atoms with van der Waals surface area (Å²) < 4.78 is 10.7. The zero-order valence-corrected chi connectivity index (χ0v) is 18.2. The quantitative estimate of drug-likeness (QED) is 0.353. The summed E-state index contributed by atoms with van der Waals surface area (Å²) in [5.41, 5.74) is 1.06. The lowest BCUT2D eigenvalue weighted by Gasteiger charge is -2.25. The molecule has 0 amide bonds. The number of likely N-dealkylation sites (N-methyl/N-ethyl adjacent to an activating group) is 1. The molecule has 0 heterocycles. The lowest BCUT2D eigenvalue weighted by atomic mass is 10.2. The molecule has 1 aliphatic carbocycles. The van der Waals surface area contributed by atoms with E-state index in [1.807, 2.05) is 18.2 Å². The first-order chi connectivity index (χ1) is 11.6. The fourth-order valence-electron chi connectivity index (χ4n) is 2.63. The van der Waals surface area contributed by atoms with Crippen LogP contribution >= 0.6 is 24.0 Å². The van der Waals surface area contributed by atoms with Gasteiger partial charge >= 0.3 is 0 Å². The van der Waals surface area contributed by atoms with Gasteiger partial charge < -0.3 is 20.1 Å². The molecule has 1 unspecified atom stereocenters. The molecule has 25 heavy (non-hydrogen) atoms. The fraction of sp³-hybridized carbons (Fsp3) is 0.611. The van der Waals surface area contributed by atoms with Gasteiger partial charge in [-0.1, -0.05) is 0 Å². The molecule has 1 aromatic carbocycles. The van der Waals surface area contributed by atoms with E-state index in [1.165, 1.54) is 12.8 Å². The molecule has 0 bridgehead atoms. The van der Waals surface area contributed by atoms with E-state index in [1.54, 1.807) is 21.3 Å². The fourth-order valence-corrected chi connectivity index (χ4v) is 2.63. The van der Waals surface area contributed by atoms with Crippen molar-refractivity contribution in [3.05, 3.63) is 23.8 Å². The number of guanidine groups is 1. The molecule has 0 saturated heterocycles. The molecule has 1 fully saturated rings. The van der Waals surface area contributed by atoms with E-state index >= 15 is 0 Å². The standard InChI is InChI=1S/C18H30N4O2.HI/c1-13(22(3)15-7-8-15)11-20-18(19-2)21-12-14-6-9-16(23-4)10-17(14)24-5;/h6,9-10,13,15H,7-8,11-12H2,1-5H3,(H2,19,20,21);1H. The first-order valence-corrected chi connectivity index (χ1v) is 8.46. The number of halogens is 1. The van der Waals surface area contributed by atoms with Gasteiger partial charge in [0.1, 0.15) is 11.5 Å². The normalized spacial score (nSPS) is 15.4. The molecule has 0 aliphatic heterocycles. The summed E-state index contributed by atoms with van der Waals surface area (Å²) in [5.74, 6) is 2.39. The van der Waals surface area contributed by atoms with Crippen LogP contribution < -0.4 is 20.1 Å². The summed E-state index contributed by atoms with van der Waals surface area (Å²) in [6.45, 7) is 3.75. The minimum atomic E-state index is 0. The third-order valence-electron chi connectivity index (χ3n) is 4.55. The van der Waals surface area contributed by atoms with Gasteiger partial charge in [0.25, 0.3) is 0 Å². The van der Waals surface area contributed by atoms with Crippen LogP contribution in [-0.2, 0) is 6.54 Å². The SMILES string of the molecule is CN=C(NCc1ccc(OC)cc1OC)NCC(C)N(C)C1CC1.I. The van der Waals surface area contributed by atoms with Crippen LogP contribution in [0.4, 0.5) is 0 Å². The molecule has 2 N–H and O–H groups in total. The lowest BCUT2D eigenvalue weighted by molar-refractivity contribution is 0.247. The number of hydrogen-bond donors (Lipinski definition) is 2. The predicted octanol–water partition coefficient (Wildman–Crippen LogP) is 2.47. The number of ether oxygens (including phenoxy) is 2. The molecule has 0 aromatic heterocycles. The monoisotopic (exact) mass is 462 g/mol. The number of nitrogens with zero attached hydrogens (tertiary/aromatic N) is 2. The highest BCUT2D eigenvalue weighted by molar-refractivity contribution is 14.0. The van der Waals surface area contributed by atoms with Crippen LogP contribution in [0.5, 0.6) is 11.5 Å². The topological polar surface area (TPSA) is 58.1 Å². The van der Waals surface area contributed by atoms with E-state index in [-0.39, 0.29) is 24.0 Å². The number of methoxy groups -OCH3 is 2. The summed E-state index contributed by atoms with van der Waals surface area (Å²) in [6, 6.07) is 7.07. The van der Waals surface area contributed by atoms with Crippen molar-refractivity contribution in [3.8, 4) is 11.5 Å². The molecule has 0 spiro atoms. The van der Waals surface area contributed by atoms with Crippen LogP contribution in [0.1, 0.15) is 25.3 Å². The summed E-state index contributed by atoms with van der Waals surface area (Å²) in [6.07, 6.45) is 2.65. The zero-order chi connectivity index (χ0) is 17.5. The Morgan fingerprint density at radius 2 is 2.00 bits per heavy atom. The van der Waals surface area contributed by atoms with Gasteiger partial charge in [0, 0.05) is 43.9 Å². The van der Waals surface area contributed by atoms with Gasteiger partial charge in [-0.25, -0.2) is 0 Å². The second kappa shape index (κ2) is 10.7. The van der Waals surface area contributed by atoms with Gasteiger partial charge in [-0.3, -0.25) is 9.89 Å². The largest absolute Gasteiger partial charge is 0.497 e. The molecule has 6 nitrogen and oxygen atoms in total. The molecule has 142 valence electrons. The van der Waals surface area contributed by atoms with Gasteiger partial charge in [-0.2, -0.15) is 0 Å². The van der Waals surface area contributed by atoms with Crippen molar-refractivity contribution in [3.63, 3.8) is 0 Å². The van der Waals surface area contributed by atoms with E-state index in [9.17, 15) is 0 Å². The van der Waals surface area contributed by atoms with Crippen LogP contribution in [-0.4, -0.2) is 57.8 Å². The van der Waals surface area contributed by atoms with Crippen LogP contribution in [0.25, 0.3) is 0 Å².